The number of nitrogens with two attached hydrogens (primary N) is 1. The molecule has 0 aliphatic heterocycles. The second kappa shape index (κ2) is 9.32. The van der Waals surface area contributed by atoms with Crippen LogP contribution in [-0.2, 0) is 9.84 Å². The molecule has 0 bridgehead atoms. The second-order valence-corrected chi connectivity index (χ2v) is 11.8. The molecular formula is C28H28N2O3S2. The minimum atomic E-state index is -4.00. The predicted octanol–water partition coefficient (Wildman–Crippen LogP) is 6.68. The van der Waals surface area contributed by atoms with Gasteiger partial charge in [-0.25, -0.2) is 8.42 Å². The first kappa shape index (κ1) is 24.7. The Bertz CT molecular complexity index is 1510. The summed E-state index contributed by atoms with van der Waals surface area (Å²) < 4.78 is 27.6. The lowest BCUT2D eigenvalue weighted by atomic mass is 10.1. The zero-order valence-electron chi connectivity index (χ0n) is 20.4. The van der Waals surface area contributed by atoms with Gasteiger partial charge in [0.15, 0.2) is 0 Å². The Labute approximate surface area is 210 Å². The van der Waals surface area contributed by atoms with Gasteiger partial charge in [-0.1, -0.05) is 65.2 Å². The van der Waals surface area contributed by atoms with E-state index in [0.717, 1.165) is 44.8 Å². The number of carbonyl (C=O) groups excluding carboxylic acids is 1. The maximum Gasteiger partial charge on any atom is 0.211 e. The Balaban J connectivity index is 1.92. The molecule has 0 spiro atoms. The number of hydrogen-bond donors (Lipinski definition) is 2. The Kier molecular flexibility index (Phi) is 6.58. The lowest BCUT2D eigenvalue weighted by Gasteiger charge is -2.14. The van der Waals surface area contributed by atoms with Crippen LogP contribution in [0, 0.1) is 34.6 Å². The van der Waals surface area contributed by atoms with Crippen LogP contribution >= 0.6 is 11.3 Å². The molecule has 4 aromatic rings. The number of carbonyl (C=O) groups is 1. The predicted molar refractivity (Wildman–Crippen MR) is 144 cm³/mol. The van der Waals surface area contributed by atoms with Gasteiger partial charge < -0.3 is 11.1 Å². The molecule has 1 heterocycles. The van der Waals surface area contributed by atoms with Crippen molar-refractivity contribution in [3.8, 4) is 0 Å². The number of ketones is 1. The highest BCUT2D eigenvalue weighted by Crippen LogP contribution is 2.44. The van der Waals surface area contributed by atoms with Crippen molar-refractivity contribution in [1.29, 1.82) is 0 Å². The summed E-state index contributed by atoms with van der Waals surface area (Å²) >= 11 is 1.07. The number of benzene rings is 3. The quantitative estimate of drug-likeness (QED) is 0.286. The van der Waals surface area contributed by atoms with Crippen LogP contribution in [0.3, 0.4) is 0 Å². The molecule has 4 rings (SSSR count). The number of anilines is 3. The van der Waals surface area contributed by atoms with Crippen LogP contribution in [0.4, 0.5) is 16.4 Å². The van der Waals surface area contributed by atoms with E-state index in [1.54, 1.807) is 36.4 Å². The van der Waals surface area contributed by atoms with Crippen molar-refractivity contribution in [3.05, 3.63) is 98.9 Å². The summed E-state index contributed by atoms with van der Waals surface area (Å²) in [6.07, 6.45) is 0. The van der Waals surface area contributed by atoms with Crippen LogP contribution < -0.4 is 11.1 Å². The molecule has 0 aliphatic rings. The molecule has 0 saturated carbocycles. The SMILES string of the molecule is Cc1ccc(C(=O)c2sc(Nc3c(C)cc(C)cc3C)c(S(=O)(=O)c3ccc(C)cc3)c2N)cc1. The fourth-order valence-electron chi connectivity index (χ4n) is 4.11. The molecule has 0 fully saturated rings. The Hall–Kier alpha value is -3.42. The standard InChI is InChI=1S/C28H28N2O3S2/c1-16-6-10-21(11-7-16)25(31)26-23(29)27(35(32,33)22-12-8-17(2)9-13-22)28(34-26)30-24-19(4)14-18(3)15-20(24)5/h6-15,30H,29H2,1-5H3. The molecule has 0 radical (unpaired) electrons. The number of thiophene rings is 1. The van der Waals surface area contributed by atoms with Crippen molar-refractivity contribution >= 4 is 43.3 Å². The van der Waals surface area contributed by atoms with E-state index in [9.17, 15) is 13.2 Å². The van der Waals surface area contributed by atoms with Gasteiger partial charge in [0.2, 0.25) is 15.6 Å². The van der Waals surface area contributed by atoms with Gasteiger partial charge in [-0.2, -0.15) is 0 Å². The molecule has 0 saturated heterocycles. The van der Waals surface area contributed by atoms with Gasteiger partial charge in [0.05, 0.1) is 10.6 Å². The smallest absolute Gasteiger partial charge is 0.211 e. The van der Waals surface area contributed by atoms with E-state index in [0.29, 0.717) is 10.6 Å². The molecule has 0 unspecified atom stereocenters. The van der Waals surface area contributed by atoms with Gasteiger partial charge in [-0.15, -0.1) is 11.3 Å². The normalized spacial score (nSPS) is 11.5. The van der Waals surface area contributed by atoms with Crippen molar-refractivity contribution in [2.45, 2.75) is 44.4 Å². The van der Waals surface area contributed by atoms with Gasteiger partial charge in [0.25, 0.3) is 0 Å². The Morgan fingerprint density at radius 3 is 1.86 bits per heavy atom. The van der Waals surface area contributed by atoms with Crippen LogP contribution in [-0.4, -0.2) is 14.2 Å². The van der Waals surface area contributed by atoms with Crippen LogP contribution in [0.25, 0.3) is 0 Å². The molecular weight excluding hydrogens is 476 g/mol. The summed E-state index contributed by atoms with van der Waals surface area (Å²) in [4.78, 5) is 13.6. The molecule has 1 aromatic heterocycles. The lowest BCUT2D eigenvalue weighted by Crippen LogP contribution is -2.09. The summed E-state index contributed by atoms with van der Waals surface area (Å²) in [5.74, 6) is -0.307. The van der Waals surface area contributed by atoms with Crippen molar-refractivity contribution in [2.75, 3.05) is 11.1 Å². The van der Waals surface area contributed by atoms with E-state index in [1.165, 1.54) is 0 Å². The van der Waals surface area contributed by atoms with Crippen LogP contribution in [0.2, 0.25) is 0 Å². The van der Waals surface area contributed by atoms with Gasteiger partial charge in [0.1, 0.15) is 14.8 Å². The molecule has 180 valence electrons. The highest BCUT2D eigenvalue weighted by Gasteiger charge is 2.32. The molecule has 3 N–H and O–H groups in total. The second-order valence-electron chi connectivity index (χ2n) is 8.91. The number of rotatable bonds is 6. The monoisotopic (exact) mass is 504 g/mol. The summed E-state index contributed by atoms with van der Waals surface area (Å²) in [7, 11) is -4.00. The molecule has 0 amide bonds. The van der Waals surface area contributed by atoms with E-state index in [1.807, 2.05) is 58.9 Å². The minimum absolute atomic E-state index is 0.0360. The van der Waals surface area contributed by atoms with Crippen molar-refractivity contribution in [2.24, 2.45) is 0 Å². The zero-order chi connectivity index (χ0) is 25.5. The zero-order valence-corrected chi connectivity index (χ0v) is 22.0. The average Bonchev–Trinajstić information content (AvgIpc) is 3.13. The van der Waals surface area contributed by atoms with E-state index in [-0.39, 0.29) is 26.1 Å². The summed E-state index contributed by atoms with van der Waals surface area (Å²) in [6, 6.07) is 17.8. The molecule has 35 heavy (non-hydrogen) atoms. The third-order valence-corrected chi connectivity index (χ3v) is 9.04. The van der Waals surface area contributed by atoms with E-state index in [4.69, 9.17) is 5.73 Å². The number of nitrogen functional groups attached to an aromatic ring is 1. The average molecular weight is 505 g/mol. The largest absolute Gasteiger partial charge is 0.396 e. The van der Waals surface area contributed by atoms with E-state index < -0.39 is 9.84 Å². The topological polar surface area (TPSA) is 89.3 Å². The highest BCUT2D eigenvalue weighted by atomic mass is 32.2. The molecule has 7 heteroatoms. The number of aryl methyl sites for hydroxylation is 5. The van der Waals surface area contributed by atoms with Gasteiger partial charge in [-0.05, 0) is 57.9 Å². The van der Waals surface area contributed by atoms with Crippen molar-refractivity contribution in [1.82, 2.24) is 0 Å². The van der Waals surface area contributed by atoms with E-state index >= 15 is 0 Å². The number of sulfone groups is 1. The molecule has 0 atom stereocenters. The maximum atomic E-state index is 13.8. The van der Waals surface area contributed by atoms with Crippen molar-refractivity contribution in [3.63, 3.8) is 0 Å². The highest BCUT2D eigenvalue weighted by molar-refractivity contribution is 7.92. The molecule has 3 aromatic carbocycles. The minimum Gasteiger partial charge on any atom is -0.396 e. The maximum absolute atomic E-state index is 13.8. The van der Waals surface area contributed by atoms with Crippen LogP contribution in [0.5, 0.6) is 0 Å². The third kappa shape index (κ3) is 4.74. The van der Waals surface area contributed by atoms with Gasteiger partial charge >= 0.3 is 0 Å². The number of hydrogen-bond acceptors (Lipinski definition) is 6. The molecule has 0 aliphatic carbocycles. The summed E-state index contributed by atoms with van der Waals surface area (Å²) in [6.45, 7) is 9.77. The van der Waals surface area contributed by atoms with Gasteiger partial charge in [-0.3, -0.25) is 4.79 Å². The van der Waals surface area contributed by atoms with Crippen molar-refractivity contribution < 1.29 is 13.2 Å². The molecule has 5 nitrogen and oxygen atoms in total. The summed E-state index contributed by atoms with van der Waals surface area (Å²) in [5.41, 5.74) is 12.7. The first-order valence-electron chi connectivity index (χ1n) is 11.2. The first-order chi connectivity index (χ1) is 16.5. The lowest BCUT2D eigenvalue weighted by molar-refractivity contribution is 0.104. The van der Waals surface area contributed by atoms with E-state index in [2.05, 4.69) is 5.32 Å². The number of nitrogens with one attached hydrogen (secondary N) is 1. The van der Waals surface area contributed by atoms with Gasteiger partial charge in [0, 0.05) is 11.3 Å². The fraction of sp³-hybridized carbons (Fsp3) is 0.179. The fourth-order valence-corrected chi connectivity index (χ4v) is 7.03. The van der Waals surface area contributed by atoms with Crippen LogP contribution in [0.1, 0.15) is 43.1 Å². The van der Waals surface area contributed by atoms with Crippen LogP contribution in [0.15, 0.2) is 70.5 Å². The third-order valence-electron chi connectivity index (χ3n) is 5.94. The summed E-state index contributed by atoms with van der Waals surface area (Å²) in [5, 5.41) is 3.63. The first-order valence-corrected chi connectivity index (χ1v) is 13.5. The Morgan fingerprint density at radius 2 is 1.31 bits per heavy atom. The Morgan fingerprint density at radius 1 is 0.800 bits per heavy atom.